The van der Waals surface area contributed by atoms with Crippen LogP contribution in [0.4, 0.5) is 0 Å². The van der Waals surface area contributed by atoms with Crippen LogP contribution in [0.25, 0.3) is 0 Å². The second kappa shape index (κ2) is 6.07. The summed E-state index contributed by atoms with van der Waals surface area (Å²) in [6.07, 6.45) is 3.88. The minimum absolute atomic E-state index is 0.00103. The number of hydrogen-bond acceptors (Lipinski definition) is 5. The van der Waals surface area contributed by atoms with Gasteiger partial charge in [-0.1, -0.05) is 34.6 Å². The van der Waals surface area contributed by atoms with Gasteiger partial charge in [-0.3, -0.25) is 0 Å². The summed E-state index contributed by atoms with van der Waals surface area (Å²) in [6, 6.07) is 0.384. The largest absolute Gasteiger partial charge is 0.444 e. The van der Waals surface area contributed by atoms with Crippen molar-refractivity contribution in [1.82, 2.24) is 25.1 Å². The molecule has 0 bridgehead atoms. The molecule has 0 radical (unpaired) electrons. The van der Waals surface area contributed by atoms with Gasteiger partial charge in [-0.05, 0) is 6.42 Å². The summed E-state index contributed by atoms with van der Waals surface area (Å²) in [5, 5.41) is 8.16. The molecular weight excluding hydrogens is 290 g/mol. The summed E-state index contributed by atoms with van der Waals surface area (Å²) in [7, 11) is 0. The molecule has 0 aliphatic carbocycles. The second-order valence-electron chi connectivity index (χ2n) is 7.71. The maximum absolute atomic E-state index is 5.84. The standard InChI is InChI=1S/C17H27N5O/c1-11(2)16-20-14-7-6-12(10-22(14)21-16)18-9-15-19-8-13(23-15)17(3,4)5/h8,11-12,18H,6-7,9-10H2,1-5H3/t12-/m0/s1. The average Bonchev–Trinajstić information content (AvgIpc) is 3.10. The van der Waals surface area contributed by atoms with E-state index in [1.165, 1.54) is 0 Å². The molecule has 23 heavy (non-hydrogen) atoms. The summed E-state index contributed by atoms with van der Waals surface area (Å²) < 4.78 is 7.88. The highest BCUT2D eigenvalue weighted by Gasteiger charge is 2.23. The molecule has 0 amide bonds. The van der Waals surface area contributed by atoms with Crippen molar-refractivity contribution in [3.8, 4) is 0 Å². The fourth-order valence-electron chi connectivity index (χ4n) is 2.71. The molecule has 2 aromatic heterocycles. The quantitative estimate of drug-likeness (QED) is 0.939. The van der Waals surface area contributed by atoms with E-state index in [1.807, 2.05) is 10.9 Å². The van der Waals surface area contributed by atoms with Crippen LogP contribution in [0, 0.1) is 0 Å². The maximum atomic E-state index is 5.84. The van der Waals surface area contributed by atoms with E-state index in [4.69, 9.17) is 4.42 Å². The molecule has 0 aromatic carbocycles. The van der Waals surface area contributed by atoms with E-state index in [0.29, 0.717) is 18.5 Å². The number of nitrogens with one attached hydrogen (secondary N) is 1. The molecular formula is C17H27N5O. The van der Waals surface area contributed by atoms with Crippen molar-refractivity contribution in [3.63, 3.8) is 0 Å². The van der Waals surface area contributed by atoms with Crippen LogP contribution in [0.2, 0.25) is 0 Å². The number of hydrogen-bond donors (Lipinski definition) is 1. The molecule has 126 valence electrons. The van der Waals surface area contributed by atoms with E-state index in [9.17, 15) is 0 Å². The summed E-state index contributed by atoms with van der Waals surface area (Å²) in [6.45, 7) is 12.2. The molecule has 6 heteroatoms. The van der Waals surface area contributed by atoms with Crippen LogP contribution in [-0.4, -0.2) is 25.8 Å². The van der Waals surface area contributed by atoms with E-state index in [2.05, 4.69) is 55.0 Å². The van der Waals surface area contributed by atoms with Gasteiger partial charge in [0, 0.05) is 23.8 Å². The number of rotatable bonds is 4. The van der Waals surface area contributed by atoms with Gasteiger partial charge in [0.25, 0.3) is 0 Å². The third kappa shape index (κ3) is 3.63. The van der Waals surface area contributed by atoms with Crippen molar-refractivity contribution in [2.75, 3.05) is 0 Å². The Hall–Kier alpha value is -1.69. The van der Waals surface area contributed by atoms with Crippen LogP contribution in [0.1, 0.15) is 70.3 Å². The molecule has 3 heterocycles. The van der Waals surface area contributed by atoms with Gasteiger partial charge in [-0.15, -0.1) is 0 Å². The molecule has 1 N–H and O–H groups in total. The molecule has 1 aliphatic rings. The molecule has 6 nitrogen and oxygen atoms in total. The van der Waals surface area contributed by atoms with E-state index in [-0.39, 0.29) is 5.41 Å². The van der Waals surface area contributed by atoms with Crippen molar-refractivity contribution in [3.05, 3.63) is 29.5 Å². The highest BCUT2D eigenvalue weighted by Crippen LogP contribution is 2.23. The fraction of sp³-hybridized carbons (Fsp3) is 0.706. The van der Waals surface area contributed by atoms with Crippen molar-refractivity contribution < 1.29 is 4.42 Å². The predicted molar refractivity (Wildman–Crippen MR) is 88.3 cm³/mol. The Morgan fingerprint density at radius 2 is 2.17 bits per heavy atom. The lowest BCUT2D eigenvalue weighted by Crippen LogP contribution is -2.37. The Morgan fingerprint density at radius 3 is 2.83 bits per heavy atom. The van der Waals surface area contributed by atoms with Gasteiger partial charge in [0.1, 0.15) is 11.6 Å². The van der Waals surface area contributed by atoms with Crippen molar-refractivity contribution in [2.24, 2.45) is 0 Å². The number of oxazole rings is 1. The van der Waals surface area contributed by atoms with E-state index in [0.717, 1.165) is 42.7 Å². The number of fused-ring (bicyclic) bond motifs is 1. The van der Waals surface area contributed by atoms with Gasteiger partial charge < -0.3 is 9.73 Å². The average molecular weight is 317 g/mol. The Morgan fingerprint density at radius 1 is 1.39 bits per heavy atom. The Kier molecular flexibility index (Phi) is 4.27. The summed E-state index contributed by atoms with van der Waals surface area (Å²) in [5.74, 6) is 4.11. The first-order chi connectivity index (χ1) is 10.8. The van der Waals surface area contributed by atoms with Gasteiger partial charge in [-0.25, -0.2) is 14.6 Å². The normalized spacial score (nSPS) is 18.4. The summed E-state index contributed by atoms with van der Waals surface area (Å²) in [4.78, 5) is 9.00. The lowest BCUT2D eigenvalue weighted by atomic mass is 9.94. The van der Waals surface area contributed by atoms with Crippen LogP contribution < -0.4 is 5.32 Å². The van der Waals surface area contributed by atoms with Crippen LogP contribution in [-0.2, 0) is 24.9 Å². The van der Waals surface area contributed by atoms with Crippen LogP contribution in [0.15, 0.2) is 10.6 Å². The van der Waals surface area contributed by atoms with Crippen LogP contribution in [0.3, 0.4) is 0 Å². The topological polar surface area (TPSA) is 68.8 Å². The van der Waals surface area contributed by atoms with E-state index < -0.39 is 0 Å². The highest BCUT2D eigenvalue weighted by molar-refractivity contribution is 5.06. The van der Waals surface area contributed by atoms with Gasteiger partial charge in [-0.2, -0.15) is 5.10 Å². The minimum Gasteiger partial charge on any atom is -0.444 e. The maximum Gasteiger partial charge on any atom is 0.208 e. The number of nitrogens with zero attached hydrogens (tertiary/aromatic N) is 4. The molecule has 2 aromatic rings. The molecule has 0 unspecified atom stereocenters. The van der Waals surface area contributed by atoms with E-state index in [1.54, 1.807) is 0 Å². The zero-order valence-corrected chi connectivity index (χ0v) is 14.8. The lowest BCUT2D eigenvalue weighted by molar-refractivity contribution is 0.327. The van der Waals surface area contributed by atoms with Gasteiger partial charge >= 0.3 is 0 Å². The number of aromatic nitrogens is 4. The number of aryl methyl sites for hydroxylation is 1. The third-order valence-electron chi connectivity index (χ3n) is 4.23. The zero-order chi connectivity index (χ0) is 16.6. The predicted octanol–water partition coefficient (Wildman–Crippen LogP) is 2.79. The SMILES string of the molecule is CC(C)c1nc2n(n1)C[C@@H](NCc1ncc(C(C)(C)C)o1)CC2. The van der Waals surface area contributed by atoms with E-state index >= 15 is 0 Å². The Balaban J connectivity index is 1.58. The Labute approximate surface area is 137 Å². The van der Waals surface area contributed by atoms with Gasteiger partial charge in [0.15, 0.2) is 5.82 Å². The monoisotopic (exact) mass is 317 g/mol. The molecule has 0 spiro atoms. The smallest absolute Gasteiger partial charge is 0.208 e. The Bertz CT molecular complexity index is 665. The summed E-state index contributed by atoms with van der Waals surface area (Å²) >= 11 is 0. The minimum atomic E-state index is -0.00103. The van der Waals surface area contributed by atoms with Gasteiger partial charge in [0.2, 0.25) is 5.89 Å². The van der Waals surface area contributed by atoms with Crippen molar-refractivity contribution in [2.45, 2.75) is 77.9 Å². The molecule has 0 saturated heterocycles. The third-order valence-corrected chi connectivity index (χ3v) is 4.23. The van der Waals surface area contributed by atoms with Crippen LogP contribution >= 0.6 is 0 Å². The first-order valence-corrected chi connectivity index (χ1v) is 8.45. The fourth-order valence-corrected chi connectivity index (χ4v) is 2.71. The molecule has 3 rings (SSSR count). The molecule has 1 atom stereocenters. The molecule has 0 saturated carbocycles. The van der Waals surface area contributed by atoms with Crippen molar-refractivity contribution >= 4 is 0 Å². The van der Waals surface area contributed by atoms with Crippen LogP contribution in [0.5, 0.6) is 0 Å². The van der Waals surface area contributed by atoms with Crippen molar-refractivity contribution in [1.29, 1.82) is 0 Å². The zero-order valence-electron chi connectivity index (χ0n) is 14.8. The lowest BCUT2D eigenvalue weighted by Gasteiger charge is -2.23. The molecule has 1 aliphatic heterocycles. The van der Waals surface area contributed by atoms with Gasteiger partial charge in [0.05, 0.1) is 19.3 Å². The first kappa shape index (κ1) is 16.2. The summed E-state index contributed by atoms with van der Waals surface area (Å²) in [5.41, 5.74) is -0.00103. The molecule has 0 fully saturated rings. The first-order valence-electron chi connectivity index (χ1n) is 8.45. The second-order valence-corrected chi connectivity index (χ2v) is 7.71. The highest BCUT2D eigenvalue weighted by atomic mass is 16.4.